The number of nitrogens with zero attached hydrogens (tertiary/aromatic N) is 6. The second-order valence-electron chi connectivity index (χ2n) is 7.86. The van der Waals surface area contributed by atoms with Gasteiger partial charge < -0.3 is 4.57 Å². The number of hydrogen-bond acceptors (Lipinski definition) is 6. The van der Waals surface area contributed by atoms with E-state index < -0.39 is 21.7 Å². The zero-order valence-corrected chi connectivity index (χ0v) is 20.9. The maximum Gasteiger partial charge on any atom is 0.433 e. The molecule has 186 valence electrons. The van der Waals surface area contributed by atoms with E-state index in [0.717, 1.165) is 12.3 Å². The Hall–Kier alpha value is -3.22. The van der Waals surface area contributed by atoms with Crippen molar-refractivity contribution in [2.45, 2.75) is 18.1 Å². The maximum atomic E-state index is 13.2. The largest absolute Gasteiger partial charge is 0.433 e. The molecular formula is C22H15Cl2F3N6O2S. The van der Waals surface area contributed by atoms with E-state index in [9.17, 15) is 21.6 Å². The van der Waals surface area contributed by atoms with E-state index in [1.165, 1.54) is 22.2 Å². The van der Waals surface area contributed by atoms with Gasteiger partial charge in [-0.05, 0) is 30.3 Å². The van der Waals surface area contributed by atoms with Crippen LogP contribution in [0.1, 0.15) is 12.6 Å². The van der Waals surface area contributed by atoms with Crippen molar-refractivity contribution in [3.63, 3.8) is 0 Å². The molecule has 0 amide bonds. The van der Waals surface area contributed by atoms with Gasteiger partial charge in [0.15, 0.2) is 20.5 Å². The minimum atomic E-state index is -4.66. The van der Waals surface area contributed by atoms with Crippen LogP contribution in [0.5, 0.6) is 0 Å². The maximum absolute atomic E-state index is 13.2. The summed E-state index contributed by atoms with van der Waals surface area (Å²) in [5, 5.41) is 4.78. The van der Waals surface area contributed by atoms with Crippen LogP contribution in [0.2, 0.25) is 10.0 Å². The molecule has 0 radical (unpaired) electrons. The van der Waals surface area contributed by atoms with Crippen LogP contribution in [0.3, 0.4) is 0 Å². The smallest absolute Gasteiger partial charge is 0.326 e. The summed E-state index contributed by atoms with van der Waals surface area (Å²) < 4.78 is 68.6. The topological polar surface area (TPSA) is 95.0 Å². The molecule has 14 heteroatoms. The Labute approximate surface area is 212 Å². The number of sulfone groups is 1. The Kier molecular flexibility index (Phi) is 5.73. The number of imidazole rings is 1. The summed E-state index contributed by atoms with van der Waals surface area (Å²) in [6.45, 7) is 1.46. The first-order valence-electron chi connectivity index (χ1n) is 10.4. The minimum Gasteiger partial charge on any atom is -0.326 e. The number of alkyl halides is 3. The van der Waals surface area contributed by atoms with Gasteiger partial charge in [-0.3, -0.25) is 0 Å². The highest BCUT2D eigenvalue weighted by atomic mass is 35.5. The predicted octanol–water partition coefficient (Wildman–Crippen LogP) is 5.46. The Balaban J connectivity index is 1.86. The summed E-state index contributed by atoms with van der Waals surface area (Å²) in [6.07, 6.45) is -2.16. The Morgan fingerprint density at radius 1 is 1.06 bits per heavy atom. The van der Waals surface area contributed by atoms with Crippen molar-refractivity contribution in [1.29, 1.82) is 0 Å². The molecule has 0 bridgehead atoms. The van der Waals surface area contributed by atoms with Crippen molar-refractivity contribution >= 4 is 49.7 Å². The lowest BCUT2D eigenvalue weighted by atomic mass is 10.1. The van der Waals surface area contributed by atoms with E-state index in [2.05, 4.69) is 20.1 Å². The molecule has 8 nitrogen and oxygen atoms in total. The number of fused-ring (bicyclic) bond motifs is 2. The Morgan fingerprint density at radius 3 is 2.39 bits per heavy atom. The van der Waals surface area contributed by atoms with Gasteiger partial charge in [-0.25, -0.2) is 27.9 Å². The van der Waals surface area contributed by atoms with Crippen LogP contribution in [-0.2, 0) is 23.1 Å². The fourth-order valence-electron chi connectivity index (χ4n) is 3.86. The van der Waals surface area contributed by atoms with Gasteiger partial charge in [0.05, 0.1) is 28.7 Å². The molecule has 5 rings (SSSR count). The van der Waals surface area contributed by atoms with Crippen LogP contribution in [0.25, 0.3) is 39.3 Å². The van der Waals surface area contributed by atoms with Crippen LogP contribution in [-0.4, -0.2) is 43.3 Å². The van der Waals surface area contributed by atoms with Crippen molar-refractivity contribution in [2.75, 3.05) is 5.75 Å². The highest BCUT2D eigenvalue weighted by Gasteiger charge is 2.34. The molecule has 0 unspecified atom stereocenters. The first-order chi connectivity index (χ1) is 16.9. The van der Waals surface area contributed by atoms with Crippen molar-refractivity contribution in [2.24, 2.45) is 7.05 Å². The molecule has 36 heavy (non-hydrogen) atoms. The third kappa shape index (κ3) is 3.98. The van der Waals surface area contributed by atoms with Gasteiger partial charge in [-0.1, -0.05) is 30.1 Å². The highest BCUT2D eigenvalue weighted by Crippen LogP contribution is 2.36. The van der Waals surface area contributed by atoms with E-state index in [0.29, 0.717) is 21.3 Å². The Morgan fingerprint density at radius 2 is 1.75 bits per heavy atom. The van der Waals surface area contributed by atoms with Crippen molar-refractivity contribution in [1.82, 2.24) is 29.1 Å². The quantitative estimate of drug-likeness (QED) is 0.292. The number of halogens is 5. The van der Waals surface area contributed by atoms with E-state index in [1.54, 1.807) is 31.3 Å². The first kappa shape index (κ1) is 24.5. The summed E-state index contributed by atoms with van der Waals surface area (Å²) in [5.74, 6) is -0.201. The molecular weight excluding hydrogens is 540 g/mol. The van der Waals surface area contributed by atoms with Gasteiger partial charge in [0.2, 0.25) is 0 Å². The summed E-state index contributed by atoms with van der Waals surface area (Å²) in [7, 11) is -2.37. The summed E-state index contributed by atoms with van der Waals surface area (Å²) in [4.78, 5) is 12.2. The van der Waals surface area contributed by atoms with Crippen molar-refractivity contribution in [3.8, 4) is 22.6 Å². The third-order valence-electron chi connectivity index (χ3n) is 5.60. The first-order valence-corrected chi connectivity index (χ1v) is 12.8. The highest BCUT2D eigenvalue weighted by molar-refractivity contribution is 7.91. The number of benzene rings is 1. The lowest BCUT2D eigenvalue weighted by molar-refractivity contribution is -0.141. The van der Waals surface area contributed by atoms with Crippen molar-refractivity contribution < 1.29 is 21.6 Å². The molecule has 0 fully saturated rings. The summed E-state index contributed by atoms with van der Waals surface area (Å²) >= 11 is 12.3. The molecule has 0 spiro atoms. The van der Waals surface area contributed by atoms with Crippen LogP contribution in [0.15, 0.2) is 47.8 Å². The molecule has 0 saturated heterocycles. The van der Waals surface area contributed by atoms with E-state index >= 15 is 0 Å². The number of pyridine rings is 1. The summed E-state index contributed by atoms with van der Waals surface area (Å²) in [6, 6.07) is 7.25. The number of hydrogen-bond donors (Lipinski definition) is 0. The van der Waals surface area contributed by atoms with E-state index in [1.807, 2.05) is 0 Å². The monoisotopic (exact) mass is 554 g/mol. The van der Waals surface area contributed by atoms with Gasteiger partial charge in [-0.2, -0.15) is 18.3 Å². The molecule has 4 aromatic heterocycles. The molecule has 0 saturated carbocycles. The number of aromatic nitrogens is 6. The van der Waals surface area contributed by atoms with Crippen LogP contribution in [0.4, 0.5) is 13.2 Å². The third-order valence-corrected chi connectivity index (χ3v) is 7.67. The number of aryl methyl sites for hydroxylation is 1. The molecule has 0 N–H and O–H groups in total. The fraction of sp³-hybridized carbons (Fsp3) is 0.182. The van der Waals surface area contributed by atoms with Gasteiger partial charge in [0.25, 0.3) is 0 Å². The molecule has 5 aromatic rings. The van der Waals surface area contributed by atoms with Crippen LogP contribution < -0.4 is 0 Å². The second-order valence-corrected chi connectivity index (χ2v) is 10.9. The normalized spacial score (nSPS) is 12.6. The average Bonchev–Trinajstić information content (AvgIpc) is 3.35. The molecule has 4 heterocycles. The standard InChI is InChI=1S/C22H15Cl2F3N6O2S/c1-3-36(34,35)21-18(20-30-14-9-17(22(25,26)27)29-10-16(14)32(20)2)19-28-5-4-15(33(19)31-21)11-6-12(23)8-13(24)7-11/h4-10H,3H2,1-2H3. The predicted molar refractivity (Wildman–Crippen MR) is 129 cm³/mol. The SMILES string of the molecule is CCS(=O)(=O)c1nn2c(-c3cc(Cl)cc(Cl)c3)ccnc2c1-c1nc2cc(C(F)(F)F)ncc2n1C. The molecule has 0 atom stereocenters. The lowest BCUT2D eigenvalue weighted by Crippen LogP contribution is -2.07. The van der Waals surface area contributed by atoms with Gasteiger partial charge in [0.1, 0.15) is 17.1 Å². The fourth-order valence-corrected chi connectivity index (χ4v) is 5.36. The van der Waals surface area contributed by atoms with Crippen molar-refractivity contribution in [3.05, 3.63) is 58.5 Å². The average molecular weight is 555 g/mol. The molecule has 0 aliphatic carbocycles. The van der Waals surface area contributed by atoms with Crippen LogP contribution >= 0.6 is 23.2 Å². The Bertz CT molecular complexity index is 1760. The van der Waals surface area contributed by atoms with Gasteiger partial charge in [-0.15, -0.1) is 0 Å². The molecule has 0 aliphatic heterocycles. The molecule has 1 aromatic carbocycles. The zero-order valence-electron chi connectivity index (χ0n) is 18.5. The zero-order chi connectivity index (χ0) is 26.0. The minimum absolute atomic E-state index is 0.00759. The van der Waals surface area contributed by atoms with Gasteiger partial charge in [0, 0.05) is 28.9 Å². The van der Waals surface area contributed by atoms with Crippen LogP contribution in [0, 0.1) is 0 Å². The molecule has 0 aliphatic rings. The van der Waals surface area contributed by atoms with E-state index in [-0.39, 0.29) is 38.8 Å². The second kappa shape index (κ2) is 8.43. The van der Waals surface area contributed by atoms with E-state index in [4.69, 9.17) is 23.2 Å². The summed E-state index contributed by atoms with van der Waals surface area (Å²) in [5.41, 5.74) is 0.347. The van der Waals surface area contributed by atoms with Gasteiger partial charge >= 0.3 is 6.18 Å². The number of rotatable bonds is 4. The lowest BCUT2D eigenvalue weighted by Gasteiger charge is -2.06.